The quantitative estimate of drug-likeness (QED) is 0.861. The zero-order valence-electron chi connectivity index (χ0n) is 10.8. The standard InChI is InChI=1S/C14H15FN2O2/c1-9-6-13(11(15)7-12(9)16)19-8-10-4-3-5-14(17-10)18-2/h3-7H,8,16H2,1-2H3. The number of nitrogens with zero attached hydrogens (tertiary/aromatic N) is 1. The zero-order chi connectivity index (χ0) is 13.8. The minimum atomic E-state index is -0.481. The summed E-state index contributed by atoms with van der Waals surface area (Å²) >= 11 is 0. The van der Waals surface area contributed by atoms with Crippen LogP contribution in [0.2, 0.25) is 0 Å². The van der Waals surface area contributed by atoms with E-state index in [1.165, 1.54) is 13.2 Å². The molecule has 0 aliphatic carbocycles. The summed E-state index contributed by atoms with van der Waals surface area (Å²) in [6.07, 6.45) is 0. The molecule has 0 spiro atoms. The molecule has 1 aromatic carbocycles. The maximum absolute atomic E-state index is 13.6. The summed E-state index contributed by atoms with van der Waals surface area (Å²) in [6.45, 7) is 1.96. The van der Waals surface area contributed by atoms with Gasteiger partial charge < -0.3 is 15.2 Å². The number of aryl methyl sites for hydroxylation is 1. The highest BCUT2D eigenvalue weighted by Gasteiger charge is 2.07. The first-order chi connectivity index (χ1) is 9.10. The Kier molecular flexibility index (Phi) is 3.85. The number of methoxy groups -OCH3 is 1. The largest absolute Gasteiger partial charge is 0.484 e. The van der Waals surface area contributed by atoms with Crippen molar-refractivity contribution >= 4 is 5.69 Å². The number of ether oxygens (including phenoxy) is 2. The van der Waals surface area contributed by atoms with Crippen molar-refractivity contribution < 1.29 is 13.9 Å². The van der Waals surface area contributed by atoms with E-state index >= 15 is 0 Å². The van der Waals surface area contributed by atoms with Crippen molar-refractivity contribution in [1.29, 1.82) is 0 Å². The number of anilines is 1. The van der Waals surface area contributed by atoms with Crippen molar-refractivity contribution in [3.63, 3.8) is 0 Å². The summed E-state index contributed by atoms with van der Waals surface area (Å²) in [5.41, 5.74) is 7.45. The van der Waals surface area contributed by atoms with Crippen molar-refractivity contribution in [2.45, 2.75) is 13.5 Å². The van der Waals surface area contributed by atoms with Crippen LogP contribution in [-0.4, -0.2) is 12.1 Å². The molecule has 1 heterocycles. The van der Waals surface area contributed by atoms with Crippen molar-refractivity contribution in [1.82, 2.24) is 4.98 Å². The first-order valence-corrected chi connectivity index (χ1v) is 5.78. The number of nitrogen functional groups attached to an aromatic ring is 1. The number of rotatable bonds is 4. The Morgan fingerprint density at radius 1 is 1.32 bits per heavy atom. The second-order valence-electron chi connectivity index (χ2n) is 4.10. The number of aromatic nitrogens is 1. The topological polar surface area (TPSA) is 57.4 Å². The van der Waals surface area contributed by atoms with Gasteiger partial charge in [0.05, 0.1) is 12.8 Å². The molecule has 2 N–H and O–H groups in total. The molecule has 0 amide bonds. The monoisotopic (exact) mass is 262 g/mol. The first kappa shape index (κ1) is 13.1. The van der Waals surface area contributed by atoms with E-state index in [0.717, 1.165) is 5.56 Å². The molecule has 0 saturated heterocycles. The van der Waals surface area contributed by atoms with Crippen molar-refractivity contribution in [3.8, 4) is 11.6 Å². The molecular weight excluding hydrogens is 247 g/mol. The summed E-state index contributed by atoms with van der Waals surface area (Å²) in [6, 6.07) is 8.14. The molecule has 1 aromatic heterocycles. The number of halogens is 1. The highest BCUT2D eigenvalue weighted by molar-refractivity contribution is 5.50. The molecule has 0 aliphatic heterocycles. The Morgan fingerprint density at radius 3 is 2.84 bits per heavy atom. The van der Waals surface area contributed by atoms with Gasteiger partial charge >= 0.3 is 0 Å². The third-order valence-electron chi connectivity index (χ3n) is 2.69. The van der Waals surface area contributed by atoms with Crippen LogP contribution in [0, 0.1) is 12.7 Å². The minimum Gasteiger partial charge on any atom is -0.484 e. The molecule has 2 aromatic rings. The fourth-order valence-electron chi connectivity index (χ4n) is 1.58. The van der Waals surface area contributed by atoms with E-state index in [2.05, 4.69) is 4.98 Å². The van der Waals surface area contributed by atoms with Gasteiger partial charge in [-0.1, -0.05) is 6.07 Å². The summed E-state index contributed by atoms with van der Waals surface area (Å²) in [5.74, 6) is 0.178. The maximum atomic E-state index is 13.6. The van der Waals surface area contributed by atoms with Gasteiger partial charge in [-0.25, -0.2) is 9.37 Å². The Morgan fingerprint density at radius 2 is 2.11 bits per heavy atom. The SMILES string of the molecule is COc1cccc(COc2cc(C)c(N)cc2F)n1. The predicted molar refractivity (Wildman–Crippen MR) is 70.7 cm³/mol. The van der Waals surface area contributed by atoms with Crippen LogP contribution in [0.25, 0.3) is 0 Å². The molecule has 100 valence electrons. The summed E-state index contributed by atoms with van der Waals surface area (Å²) in [5, 5.41) is 0. The Hall–Kier alpha value is -2.30. The van der Waals surface area contributed by atoms with Gasteiger partial charge in [-0.3, -0.25) is 0 Å². The minimum absolute atomic E-state index is 0.163. The van der Waals surface area contributed by atoms with Crippen LogP contribution in [0.15, 0.2) is 30.3 Å². The number of nitrogens with two attached hydrogens (primary N) is 1. The average molecular weight is 262 g/mol. The summed E-state index contributed by atoms with van der Waals surface area (Å²) in [7, 11) is 1.54. The second-order valence-corrected chi connectivity index (χ2v) is 4.10. The molecule has 2 rings (SSSR count). The molecule has 5 heteroatoms. The van der Waals surface area contributed by atoms with Crippen molar-refractivity contribution in [2.75, 3.05) is 12.8 Å². The van der Waals surface area contributed by atoms with Gasteiger partial charge in [0.15, 0.2) is 11.6 Å². The van der Waals surface area contributed by atoms with Gasteiger partial charge in [0.2, 0.25) is 5.88 Å². The Balaban J connectivity index is 2.12. The number of benzene rings is 1. The van der Waals surface area contributed by atoms with Crippen LogP contribution < -0.4 is 15.2 Å². The zero-order valence-corrected chi connectivity index (χ0v) is 10.8. The molecular formula is C14H15FN2O2. The van der Waals surface area contributed by atoms with E-state index in [-0.39, 0.29) is 12.4 Å². The number of hydrogen-bond donors (Lipinski definition) is 1. The second kappa shape index (κ2) is 5.56. The Bertz CT molecular complexity index is 588. The average Bonchev–Trinajstić information content (AvgIpc) is 2.41. The predicted octanol–water partition coefficient (Wildman–Crippen LogP) is 2.70. The molecule has 0 bridgehead atoms. The molecule has 0 unspecified atom stereocenters. The van der Waals surface area contributed by atoms with Crippen molar-refractivity contribution in [3.05, 3.63) is 47.4 Å². The van der Waals surface area contributed by atoms with Crippen molar-refractivity contribution in [2.24, 2.45) is 0 Å². The lowest BCUT2D eigenvalue weighted by Gasteiger charge is -2.09. The third-order valence-corrected chi connectivity index (χ3v) is 2.69. The van der Waals surface area contributed by atoms with E-state index in [1.54, 1.807) is 31.2 Å². The smallest absolute Gasteiger partial charge is 0.213 e. The van der Waals surface area contributed by atoms with Gasteiger partial charge in [-0.2, -0.15) is 0 Å². The molecule has 0 saturated carbocycles. The molecule has 0 fully saturated rings. The fourth-order valence-corrected chi connectivity index (χ4v) is 1.58. The Labute approximate surface area is 111 Å². The summed E-state index contributed by atoms with van der Waals surface area (Å²) < 4.78 is 24.0. The van der Waals surface area contributed by atoms with Gasteiger partial charge in [-0.05, 0) is 24.6 Å². The van der Waals surface area contributed by atoms with E-state index in [4.69, 9.17) is 15.2 Å². The highest BCUT2D eigenvalue weighted by atomic mass is 19.1. The maximum Gasteiger partial charge on any atom is 0.213 e. The normalized spacial score (nSPS) is 10.3. The van der Waals surface area contributed by atoms with Gasteiger partial charge in [0.25, 0.3) is 0 Å². The summed E-state index contributed by atoms with van der Waals surface area (Å²) in [4.78, 5) is 4.18. The fraction of sp³-hybridized carbons (Fsp3) is 0.214. The van der Waals surface area contributed by atoms with Gasteiger partial charge in [-0.15, -0.1) is 0 Å². The van der Waals surface area contributed by atoms with E-state index in [1.807, 2.05) is 0 Å². The van der Waals surface area contributed by atoms with E-state index in [0.29, 0.717) is 17.3 Å². The molecule has 19 heavy (non-hydrogen) atoms. The number of hydrogen-bond acceptors (Lipinski definition) is 4. The van der Waals surface area contributed by atoms with Crippen LogP contribution in [0.4, 0.5) is 10.1 Å². The van der Waals surface area contributed by atoms with Gasteiger partial charge in [0.1, 0.15) is 6.61 Å². The molecule has 0 aliphatic rings. The van der Waals surface area contributed by atoms with Gasteiger partial charge in [0, 0.05) is 17.8 Å². The highest BCUT2D eigenvalue weighted by Crippen LogP contribution is 2.24. The molecule has 0 atom stereocenters. The van der Waals surface area contributed by atoms with E-state index in [9.17, 15) is 4.39 Å². The molecule has 0 radical (unpaired) electrons. The van der Waals surface area contributed by atoms with E-state index < -0.39 is 5.82 Å². The van der Waals surface area contributed by atoms with Crippen LogP contribution in [0.5, 0.6) is 11.6 Å². The lowest BCUT2D eigenvalue weighted by molar-refractivity contribution is 0.283. The first-order valence-electron chi connectivity index (χ1n) is 5.78. The van der Waals surface area contributed by atoms with Crippen LogP contribution in [0.3, 0.4) is 0 Å². The lowest BCUT2D eigenvalue weighted by atomic mass is 10.2. The van der Waals surface area contributed by atoms with Crippen LogP contribution in [-0.2, 0) is 6.61 Å². The van der Waals surface area contributed by atoms with Crippen LogP contribution >= 0.6 is 0 Å². The van der Waals surface area contributed by atoms with Crippen LogP contribution in [0.1, 0.15) is 11.3 Å². The lowest BCUT2D eigenvalue weighted by Crippen LogP contribution is -2.02. The third kappa shape index (κ3) is 3.13. The number of pyridine rings is 1. The molecule has 4 nitrogen and oxygen atoms in total.